The molecule has 0 saturated carbocycles. The molecule has 5 nitrogen and oxygen atoms in total. The van der Waals surface area contributed by atoms with Crippen molar-refractivity contribution < 1.29 is 23.1 Å². The molecule has 3 aromatic rings. The van der Waals surface area contributed by atoms with Gasteiger partial charge in [-0.2, -0.15) is 0 Å². The lowest BCUT2D eigenvalue weighted by Gasteiger charge is -2.38. The first-order valence-corrected chi connectivity index (χ1v) is 10.4. The number of ether oxygens (including phenoxy) is 1. The second-order valence-corrected chi connectivity index (χ2v) is 7.69. The predicted molar refractivity (Wildman–Crippen MR) is 113 cm³/mol. The fourth-order valence-corrected chi connectivity index (χ4v) is 4.57. The molecule has 1 saturated heterocycles. The molecule has 1 aliphatic rings. The first-order chi connectivity index (χ1) is 15.5. The van der Waals surface area contributed by atoms with Gasteiger partial charge in [0.15, 0.2) is 0 Å². The molecule has 0 bridgehead atoms. The molecule has 4 rings (SSSR count). The molecule has 2 unspecified atom stereocenters. The van der Waals surface area contributed by atoms with Crippen LogP contribution in [-0.4, -0.2) is 23.5 Å². The summed E-state index contributed by atoms with van der Waals surface area (Å²) in [7, 11) is 0. The summed E-state index contributed by atoms with van der Waals surface area (Å²) in [6.07, 6.45) is 3.12. The molecule has 1 fully saturated rings. The molecule has 0 aliphatic carbocycles. The zero-order chi connectivity index (χ0) is 22.7. The Kier molecular flexibility index (Phi) is 5.99. The molecular formula is C25H22F2N2O3. The quantitative estimate of drug-likeness (QED) is 0.591. The maximum atomic E-state index is 13.8. The Balaban J connectivity index is 1.95. The van der Waals surface area contributed by atoms with Gasteiger partial charge in [-0.05, 0) is 53.9 Å². The highest BCUT2D eigenvalue weighted by atomic mass is 19.1. The van der Waals surface area contributed by atoms with Gasteiger partial charge in [0.2, 0.25) is 5.91 Å². The number of nitrogens with zero attached hydrogens (tertiary/aromatic N) is 1. The van der Waals surface area contributed by atoms with Crippen molar-refractivity contribution in [3.8, 4) is 0 Å². The SMILES string of the molecule is CCOC(=O)CC1C(=O)NC(c2ccc(F)cc2)(c2ccc(F)cc2)C1c1cccnc1. The highest BCUT2D eigenvalue weighted by Crippen LogP contribution is 2.51. The molecule has 0 radical (unpaired) electrons. The predicted octanol–water partition coefficient (Wildman–Crippen LogP) is 4.09. The Labute approximate surface area is 184 Å². The van der Waals surface area contributed by atoms with Gasteiger partial charge in [0.25, 0.3) is 0 Å². The molecule has 1 aliphatic heterocycles. The van der Waals surface area contributed by atoms with Crippen LogP contribution in [0, 0.1) is 17.6 Å². The van der Waals surface area contributed by atoms with E-state index in [0.29, 0.717) is 16.7 Å². The third-order valence-corrected chi connectivity index (χ3v) is 5.86. The number of aromatic nitrogens is 1. The van der Waals surface area contributed by atoms with Crippen LogP contribution in [0.4, 0.5) is 8.78 Å². The van der Waals surface area contributed by atoms with Crippen LogP contribution >= 0.6 is 0 Å². The minimum atomic E-state index is -1.17. The van der Waals surface area contributed by atoms with Crippen molar-refractivity contribution in [2.75, 3.05) is 6.61 Å². The van der Waals surface area contributed by atoms with E-state index in [0.717, 1.165) is 0 Å². The standard InChI is InChI=1S/C25H22F2N2O3/c1-2-32-22(30)14-21-23(16-4-3-13-28-15-16)25(29-24(21)31,17-5-9-19(26)10-6-17)18-7-11-20(27)12-8-18/h3-13,15,21,23H,2,14H2,1H3,(H,29,31). The summed E-state index contributed by atoms with van der Waals surface area (Å²) in [4.78, 5) is 29.9. The zero-order valence-corrected chi connectivity index (χ0v) is 17.4. The van der Waals surface area contributed by atoms with E-state index in [1.165, 1.54) is 24.3 Å². The first-order valence-electron chi connectivity index (χ1n) is 10.4. The van der Waals surface area contributed by atoms with Gasteiger partial charge in [0.1, 0.15) is 11.6 Å². The van der Waals surface area contributed by atoms with Gasteiger partial charge in [-0.15, -0.1) is 0 Å². The molecule has 1 aromatic heterocycles. The number of rotatable bonds is 6. The normalized spacial score (nSPS) is 19.4. The largest absolute Gasteiger partial charge is 0.466 e. The van der Waals surface area contributed by atoms with Crippen molar-refractivity contribution in [1.82, 2.24) is 10.3 Å². The average molecular weight is 436 g/mol. The molecule has 1 amide bonds. The van der Waals surface area contributed by atoms with Gasteiger partial charge in [0, 0.05) is 18.3 Å². The van der Waals surface area contributed by atoms with Gasteiger partial charge in [-0.3, -0.25) is 14.6 Å². The van der Waals surface area contributed by atoms with Crippen LogP contribution in [0.3, 0.4) is 0 Å². The monoisotopic (exact) mass is 436 g/mol. The fourth-order valence-electron chi connectivity index (χ4n) is 4.57. The number of carbonyl (C=O) groups excluding carboxylic acids is 2. The maximum Gasteiger partial charge on any atom is 0.306 e. The van der Waals surface area contributed by atoms with E-state index in [1.54, 1.807) is 49.6 Å². The molecule has 0 spiro atoms. The van der Waals surface area contributed by atoms with Crippen molar-refractivity contribution in [3.63, 3.8) is 0 Å². The Bertz CT molecular complexity index is 1060. The average Bonchev–Trinajstić information content (AvgIpc) is 3.08. The number of benzene rings is 2. The van der Waals surface area contributed by atoms with Crippen LogP contribution in [-0.2, 0) is 19.9 Å². The summed E-state index contributed by atoms with van der Waals surface area (Å²) in [6.45, 7) is 1.90. The number of hydrogen-bond acceptors (Lipinski definition) is 4. The number of amides is 1. The Hall–Kier alpha value is -3.61. The number of hydrogen-bond donors (Lipinski definition) is 1. The van der Waals surface area contributed by atoms with E-state index in [2.05, 4.69) is 10.3 Å². The maximum absolute atomic E-state index is 13.8. The summed E-state index contributed by atoms with van der Waals surface area (Å²) >= 11 is 0. The Morgan fingerprint density at radius 2 is 1.62 bits per heavy atom. The van der Waals surface area contributed by atoms with Crippen LogP contribution in [0.25, 0.3) is 0 Å². The van der Waals surface area contributed by atoms with E-state index in [-0.39, 0.29) is 18.9 Å². The van der Waals surface area contributed by atoms with E-state index in [1.807, 2.05) is 6.07 Å². The topological polar surface area (TPSA) is 68.3 Å². The number of halogens is 2. The van der Waals surface area contributed by atoms with Crippen molar-refractivity contribution in [2.45, 2.75) is 24.8 Å². The van der Waals surface area contributed by atoms with Gasteiger partial charge >= 0.3 is 5.97 Å². The third-order valence-electron chi connectivity index (χ3n) is 5.86. The third kappa shape index (κ3) is 3.86. The van der Waals surface area contributed by atoms with Gasteiger partial charge in [0.05, 0.1) is 24.5 Å². The summed E-state index contributed by atoms with van der Waals surface area (Å²) < 4.78 is 32.7. The first kappa shape index (κ1) is 21.6. The summed E-state index contributed by atoms with van der Waals surface area (Å²) in [5.74, 6) is -3.03. The van der Waals surface area contributed by atoms with Crippen LogP contribution in [0.5, 0.6) is 0 Å². The minimum Gasteiger partial charge on any atom is -0.466 e. The van der Waals surface area contributed by atoms with Crippen molar-refractivity contribution >= 4 is 11.9 Å². The molecule has 32 heavy (non-hydrogen) atoms. The fraction of sp³-hybridized carbons (Fsp3) is 0.240. The number of esters is 1. The smallest absolute Gasteiger partial charge is 0.306 e. The summed E-state index contributed by atoms with van der Waals surface area (Å²) in [5, 5.41) is 3.07. The summed E-state index contributed by atoms with van der Waals surface area (Å²) in [5.41, 5.74) is 0.769. The molecule has 2 atom stereocenters. The van der Waals surface area contributed by atoms with Gasteiger partial charge < -0.3 is 10.1 Å². The van der Waals surface area contributed by atoms with E-state index in [4.69, 9.17) is 4.74 Å². The van der Waals surface area contributed by atoms with E-state index >= 15 is 0 Å². The lowest BCUT2D eigenvalue weighted by molar-refractivity contribution is -0.146. The summed E-state index contributed by atoms with van der Waals surface area (Å²) in [6, 6.07) is 15.2. The van der Waals surface area contributed by atoms with Crippen molar-refractivity contribution in [3.05, 3.63) is 101 Å². The van der Waals surface area contributed by atoms with Crippen LogP contribution in [0.1, 0.15) is 36.0 Å². The highest BCUT2D eigenvalue weighted by Gasteiger charge is 2.56. The van der Waals surface area contributed by atoms with Crippen molar-refractivity contribution in [2.24, 2.45) is 5.92 Å². The lowest BCUT2D eigenvalue weighted by Crippen LogP contribution is -2.43. The number of nitrogens with one attached hydrogen (secondary N) is 1. The van der Waals surface area contributed by atoms with Crippen LogP contribution < -0.4 is 5.32 Å². The Morgan fingerprint density at radius 3 is 2.12 bits per heavy atom. The van der Waals surface area contributed by atoms with Crippen molar-refractivity contribution in [1.29, 1.82) is 0 Å². The Morgan fingerprint density at radius 1 is 1.03 bits per heavy atom. The molecule has 164 valence electrons. The number of carbonyl (C=O) groups is 2. The van der Waals surface area contributed by atoms with Gasteiger partial charge in [-0.1, -0.05) is 30.3 Å². The van der Waals surface area contributed by atoms with Crippen LogP contribution in [0.15, 0.2) is 73.1 Å². The second-order valence-electron chi connectivity index (χ2n) is 7.69. The molecular weight excluding hydrogens is 414 g/mol. The van der Waals surface area contributed by atoms with E-state index in [9.17, 15) is 18.4 Å². The lowest BCUT2D eigenvalue weighted by atomic mass is 9.68. The number of pyridine rings is 1. The van der Waals surface area contributed by atoms with Crippen LogP contribution in [0.2, 0.25) is 0 Å². The molecule has 2 aromatic carbocycles. The minimum absolute atomic E-state index is 0.136. The molecule has 2 heterocycles. The van der Waals surface area contributed by atoms with Gasteiger partial charge in [-0.25, -0.2) is 8.78 Å². The zero-order valence-electron chi connectivity index (χ0n) is 17.4. The van der Waals surface area contributed by atoms with E-state index < -0.39 is 35.0 Å². The molecule has 1 N–H and O–H groups in total. The molecule has 7 heteroatoms. The highest BCUT2D eigenvalue weighted by molar-refractivity contribution is 5.89. The second kappa shape index (κ2) is 8.86.